The van der Waals surface area contributed by atoms with Crippen LogP contribution in [0.5, 0.6) is 5.75 Å². The summed E-state index contributed by atoms with van der Waals surface area (Å²) in [5.74, 6) is -7.30. The number of piperidine rings is 1. The van der Waals surface area contributed by atoms with Gasteiger partial charge in [-0.15, -0.1) is 11.8 Å². The van der Waals surface area contributed by atoms with Crippen LogP contribution in [0, 0.1) is 35.1 Å². The van der Waals surface area contributed by atoms with Gasteiger partial charge in [-0.1, -0.05) is 0 Å². The number of pyridine rings is 1. The molecule has 0 unspecified atom stereocenters. The van der Waals surface area contributed by atoms with Gasteiger partial charge in [0.1, 0.15) is 17.7 Å². The molecular formula is C27H27F5N2O3S. The van der Waals surface area contributed by atoms with Crippen molar-refractivity contribution in [3.63, 3.8) is 0 Å². The zero-order valence-corrected chi connectivity index (χ0v) is 21.4. The second kappa shape index (κ2) is 12.3. The van der Waals surface area contributed by atoms with Crippen molar-refractivity contribution in [1.29, 1.82) is 0 Å². The van der Waals surface area contributed by atoms with Crippen LogP contribution in [-0.2, 0) is 4.79 Å². The number of rotatable bonds is 10. The molecule has 0 radical (unpaired) electrons. The molecule has 0 saturated carbocycles. The molecule has 5 nitrogen and oxygen atoms in total. The first kappa shape index (κ1) is 28.1. The van der Waals surface area contributed by atoms with Crippen molar-refractivity contribution in [1.82, 2.24) is 9.88 Å². The average molecular weight is 555 g/mol. The molecule has 3 atom stereocenters. The molecule has 11 heteroatoms. The number of carbonyl (C=O) groups is 1. The Hall–Kier alpha value is -2.92. The lowest BCUT2D eigenvalue weighted by Crippen LogP contribution is -2.44. The number of benzene rings is 2. The Morgan fingerprint density at radius 1 is 1.18 bits per heavy atom. The summed E-state index contributed by atoms with van der Waals surface area (Å²) in [5.41, 5.74) is 1.12. The molecule has 0 bridgehead atoms. The summed E-state index contributed by atoms with van der Waals surface area (Å²) in [6.07, 6.45) is 1.28. The van der Waals surface area contributed by atoms with E-state index < -0.39 is 46.2 Å². The summed E-state index contributed by atoms with van der Waals surface area (Å²) in [4.78, 5) is 17.5. The van der Waals surface area contributed by atoms with Crippen LogP contribution in [0.2, 0.25) is 0 Å². The van der Waals surface area contributed by atoms with Crippen LogP contribution in [0.15, 0.2) is 41.4 Å². The van der Waals surface area contributed by atoms with Crippen molar-refractivity contribution in [3.05, 3.63) is 65.4 Å². The molecule has 1 N–H and O–H groups in total. The molecule has 38 heavy (non-hydrogen) atoms. The minimum absolute atomic E-state index is 0.148. The smallest absolute Gasteiger partial charge is 0.308 e. The number of aliphatic carboxylic acids is 1. The van der Waals surface area contributed by atoms with Crippen molar-refractivity contribution in [2.24, 2.45) is 11.8 Å². The van der Waals surface area contributed by atoms with Gasteiger partial charge in [0.25, 0.3) is 0 Å². The number of carboxylic acids is 1. The van der Waals surface area contributed by atoms with Crippen molar-refractivity contribution >= 4 is 28.6 Å². The highest BCUT2D eigenvalue weighted by atomic mass is 32.2. The predicted molar refractivity (Wildman–Crippen MR) is 134 cm³/mol. The normalized spacial score (nSPS) is 19.0. The molecule has 4 rings (SSSR count). The number of hydrogen-bond acceptors (Lipinski definition) is 5. The number of methoxy groups -OCH3 is 1. The van der Waals surface area contributed by atoms with Gasteiger partial charge in [0.2, 0.25) is 0 Å². The number of halogens is 5. The highest BCUT2D eigenvalue weighted by Gasteiger charge is 2.34. The zero-order valence-electron chi connectivity index (χ0n) is 20.6. The van der Waals surface area contributed by atoms with E-state index in [1.54, 1.807) is 30.5 Å². The molecule has 1 aromatic heterocycles. The number of likely N-dealkylation sites (tertiary alicyclic amines) is 1. The van der Waals surface area contributed by atoms with Gasteiger partial charge in [-0.3, -0.25) is 9.78 Å². The number of alkyl halides is 1. The second-order valence-corrected chi connectivity index (χ2v) is 10.4. The third-order valence-corrected chi connectivity index (χ3v) is 8.04. The number of aromatic nitrogens is 1. The Kier molecular flexibility index (Phi) is 9.09. The number of nitrogens with zero attached hydrogens (tertiary/aromatic N) is 2. The molecule has 1 saturated heterocycles. The van der Waals surface area contributed by atoms with E-state index in [2.05, 4.69) is 4.98 Å². The lowest BCUT2D eigenvalue weighted by molar-refractivity contribution is -0.146. The molecule has 204 valence electrons. The summed E-state index contributed by atoms with van der Waals surface area (Å²) in [5, 5.41) is 10.5. The van der Waals surface area contributed by atoms with Crippen LogP contribution in [0.4, 0.5) is 22.0 Å². The maximum absolute atomic E-state index is 15.4. The summed E-state index contributed by atoms with van der Waals surface area (Å²) >= 11 is 0.706. The van der Waals surface area contributed by atoms with E-state index in [1.165, 1.54) is 7.11 Å². The maximum Gasteiger partial charge on any atom is 0.308 e. The van der Waals surface area contributed by atoms with Gasteiger partial charge in [0.15, 0.2) is 17.5 Å². The quantitative estimate of drug-likeness (QED) is 0.135. The molecule has 1 aliphatic heterocycles. The highest BCUT2D eigenvalue weighted by molar-refractivity contribution is 7.99. The minimum atomic E-state index is -1.73. The summed E-state index contributed by atoms with van der Waals surface area (Å²) in [7, 11) is 1.53. The van der Waals surface area contributed by atoms with Crippen molar-refractivity contribution in [2.45, 2.75) is 30.3 Å². The van der Waals surface area contributed by atoms with Gasteiger partial charge in [-0.05, 0) is 61.6 Å². The topological polar surface area (TPSA) is 62.7 Å². The van der Waals surface area contributed by atoms with E-state index in [0.717, 1.165) is 0 Å². The number of carboxylic acid groups (broad SMARTS) is 1. The minimum Gasteiger partial charge on any atom is -0.497 e. The van der Waals surface area contributed by atoms with Crippen LogP contribution in [0.1, 0.15) is 31.0 Å². The third kappa shape index (κ3) is 6.20. The Morgan fingerprint density at radius 3 is 2.71 bits per heavy atom. The molecule has 0 aliphatic carbocycles. The van der Waals surface area contributed by atoms with Crippen LogP contribution in [0.25, 0.3) is 10.9 Å². The Balaban J connectivity index is 1.34. The lowest BCUT2D eigenvalue weighted by atomic mass is 9.81. The average Bonchev–Trinajstić information content (AvgIpc) is 2.91. The van der Waals surface area contributed by atoms with Crippen molar-refractivity contribution < 1.29 is 36.6 Å². The van der Waals surface area contributed by atoms with Gasteiger partial charge < -0.3 is 14.7 Å². The van der Waals surface area contributed by atoms with Crippen LogP contribution >= 0.6 is 11.8 Å². The first-order valence-corrected chi connectivity index (χ1v) is 13.2. The summed E-state index contributed by atoms with van der Waals surface area (Å²) in [6.45, 7) is 1.04. The molecule has 1 fully saturated rings. The molecule has 1 aliphatic rings. The molecule has 3 aromatic rings. The summed E-state index contributed by atoms with van der Waals surface area (Å²) < 4.78 is 75.0. The van der Waals surface area contributed by atoms with Gasteiger partial charge in [-0.25, -0.2) is 22.0 Å². The van der Waals surface area contributed by atoms with Crippen molar-refractivity contribution in [2.75, 3.05) is 32.5 Å². The fourth-order valence-electron chi connectivity index (χ4n) is 4.92. The monoisotopic (exact) mass is 554 g/mol. The standard InChI is InChI=1S/C27H27F5N2O3S/c1-37-16-3-5-23-18(12-16)17(6-8-33-23)20(28)4-2-15-7-9-34(14-19(15)27(35)36)10-11-38-26-22(30)13-21(29)24(31)25(26)32/h3,5-6,8,12-13,15,19-20H,2,4,7,9-11,14H2,1H3,(H,35,36)/t15-,19+,20+/m1/s1. The van der Waals surface area contributed by atoms with Gasteiger partial charge in [0.05, 0.1) is 23.4 Å². The fraction of sp³-hybridized carbons (Fsp3) is 0.407. The largest absolute Gasteiger partial charge is 0.497 e. The SMILES string of the molecule is COc1ccc2nccc([C@@H](F)CC[C@@H]3CCN(CCSc4c(F)cc(F)c(F)c4F)C[C@@H]3C(=O)O)c2c1. The third-order valence-electron chi connectivity index (χ3n) is 6.99. The fourth-order valence-corrected chi connectivity index (χ4v) is 5.88. The van der Waals surface area contributed by atoms with E-state index in [-0.39, 0.29) is 24.6 Å². The molecule has 0 amide bonds. The van der Waals surface area contributed by atoms with E-state index >= 15 is 4.39 Å². The second-order valence-electron chi connectivity index (χ2n) is 9.27. The predicted octanol–water partition coefficient (Wildman–Crippen LogP) is 6.41. The van der Waals surface area contributed by atoms with Crippen LogP contribution in [-0.4, -0.2) is 53.5 Å². The number of hydrogen-bond donors (Lipinski definition) is 1. The van der Waals surface area contributed by atoms with E-state index in [1.807, 2.05) is 4.90 Å². The number of fused-ring (bicyclic) bond motifs is 1. The molecule has 2 aromatic carbocycles. The lowest BCUT2D eigenvalue weighted by Gasteiger charge is -2.36. The summed E-state index contributed by atoms with van der Waals surface area (Å²) in [6, 6.07) is 7.17. The Morgan fingerprint density at radius 2 is 1.97 bits per heavy atom. The highest BCUT2D eigenvalue weighted by Crippen LogP contribution is 2.36. The molecule has 0 spiro atoms. The van der Waals surface area contributed by atoms with Crippen molar-refractivity contribution in [3.8, 4) is 5.75 Å². The van der Waals surface area contributed by atoms with Gasteiger partial charge in [0, 0.05) is 36.5 Å². The van der Waals surface area contributed by atoms with E-state index in [9.17, 15) is 27.5 Å². The Bertz CT molecular complexity index is 1310. The first-order valence-electron chi connectivity index (χ1n) is 12.2. The molecule has 2 heterocycles. The van der Waals surface area contributed by atoms with Crippen LogP contribution in [0.3, 0.4) is 0 Å². The Labute approximate surface area is 221 Å². The van der Waals surface area contributed by atoms with Gasteiger partial charge >= 0.3 is 5.97 Å². The van der Waals surface area contributed by atoms with Gasteiger partial charge in [-0.2, -0.15) is 0 Å². The van der Waals surface area contributed by atoms with E-state index in [0.29, 0.717) is 66.0 Å². The first-order chi connectivity index (χ1) is 18.2. The maximum atomic E-state index is 15.4. The molecular weight excluding hydrogens is 527 g/mol. The van der Waals surface area contributed by atoms with E-state index in [4.69, 9.17) is 4.74 Å². The van der Waals surface area contributed by atoms with Crippen LogP contribution < -0.4 is 4.74 Å². The number of thioether (sulfide) groups is 1. The zero-order chi connectivity index (χ0) is 27.4. The number of ether oxygens (including phenoxy) is 1.